The normalized spacial score (nSPS) is 11.7. The topological polar surface area (TPSA) is 82.1 Å². The van der Waals surface area contributed by atoms with Gasteiger partial charge in [0.05, 0.1) is 0 Å². The molecule has 0 aliphatic rings. The van der Waals surface area contributed by atoms with Crippen molar-refractivity contribution in [3.05, 3.63) is 24.3 Å². The molecule has 0 aromatic rings. The first-order valence-corrected chi connectivity index (χ1v) is 16.8. The van der Waals surface area contributed by atoms with Gasteiger partial charge < -0.3 is 19.1 Å². The molecule has 0 aromatic heterocycles. The van der Waals surface area contributed by atoms with Crippen LogP contribution in [0.2, 0.25) is 0 Å². The lowest BCUT2D eigenvalue weighted by Gasteiger charge is -2.18. The van der Waals surface area contributed by atoms with Crippen LogP contribution in [0.4, 0.5) is 0 Å². The third-order valence-corrected chi connectivity index (χ3v) is 7.06. The zero-order valence-electron chi connectivity index (χ0n) is 27.5. The van der Waals surface area contributed by atoms with Gasteiger partial charge in [-0.1, -0.05) is 89.5 Å². The van der Waals surface area contributed by atoms with Crippen LogP contribution in [-0.2, 0) is 28.6 Å². The van der Waals surface area contributed by atoms with Gasteiger partial charge in [-0.05, 0) is 78.4 Å². The molecule has 0 rings (SSSR count). The number of allylic oxidation sites excluding steroid dienone is 2. The standard InChI is InChI=1S/C35H63NO6/c1-5-7-9-11-13-15-17-19-30-40-33(37)26-21-24-32(42-35(39)28-23-29-36(3)4)25-22-27-34(38)41-31-20-18-16-14-12-10-8-6-2/h17-20,32H,5-16,21-31H2,1-4H3/b19-17-,20-18-. The molecule has 0 radical (unpaired) electrons. The first-order chi connectivity index (χ1) is 20.4. The molecule has 0 spiro atoms. The van der Waals surface area contributed by atoms with Crippen LogP contribution in [0.25, 0.3) is 0 Å². The summed E-state index contributed by atoms with van der Waals surface area (Å²) in [4.78, 5) is 38.7. The second-order valence-electron chi connectivity index (χ2n) is 11.5. The van der Waals surface area contributed by atoms with Crippen LogP contribution in [0.3, 0.4) is 0 Å². The Balaban J connectivity index is 4.32. The first-order valence-electron chi connectivity index (χ1n) is 16.8. The van der Waals surface area contributed by atoms with E-state index in [9.17, 15) is 14.4 Å². The fourth-order valence-corrected chi connectivity index (χ4v) is 4.52. The van der Waals surface area contributed by atoms with Gasteiger partial charge in [0.2, 0.25) is 0 Å². The minimum Gasteiger partial charge on any atom is -0.462 e. The molecule has 0 aliphatic heterocycles. The Hall–Kier alpha value is -2.15. The van der Waals surface area contributed by atoms with Gasteiger partial charge in [0.25, 0.3) is 0 Å². The largest absolute Gasteiger partial charge is 0.462 e. The fourth-order valence-electron chi connectivity index (χ4n) is 4.52. The molecule has 0 N–H and O–H groups in total. The molecule has 0 bridgehead atoms. The molecular weight excluding hydrogens is 530 g/mol. The summed E-state index contributed by atoms with van der Waals surface area (Å²) >= 11 is 0. The molecule has 0 atom stereocenters. The first kappa shape index (κ1) is 39.8. The number of carbonyl (C=O) groups excluding carboxylic acids is 3. The summed E-state index contributed by atoms with van der Waals surface area (Å²) in [5, 5.41) is 0. The van der Waals surface area contributed by atoms with Gasteiger partial charge in [-0.15, -0.1) is 0 Å². The predicted molar refractivity (Wildman–Crippen MR) is 172 cm³/mol. The number of hydrogen-bond acceptors (Lipinski definition) is 7. The monoisotopic (exact) mass is 593 g/mol. The summed E-state index contributed by atoms with van der Waals surface area (Å²) in [5.41, 5.74) is 0. The third-order valence-electron chi connectivity index (χ3n) is 7.06. The van der Waals surface area contributed by atoms with E-state index >= 15 is 0 Å². The highest BCUT2D eigenvalue weighted by atomic mass is 16.5. The lowest BCUT2D eigenvalue weighted by atomic mass is 10.1. The average molecular weight is 594 g/mol. The number of ether oxygens (including phenoxy) is 3. The van der Waals surface area contributed by atoms with Gasteiger partial charge in [-0.2, -0.15) is 0 Å². The number of hydrogen-bond donors (Lipinski definition) is 0. The summed E-state index contributed by atoms with van der Waals surface area (Å²) < 4.78 is 16.4. The predicted octanol–water partition coefficient (Wildman–Crippen LogP) is 8.50. The second-order valence-corrected chi connectivity index (χ2v) is 11.5. The van der Waals surface area contributed by atoms with E-state index < -0.39 is 0 Å². The molecule has 7 heteroatoms. The summed E-state index contributed by atoms with van der Waals surface area (Å²) in [5.74, 6) is -0.709. The molecule has 0 aromatic carbocycles. The minimum atomic E-state index is -0.322. The Morgan fingerprint density at radius 3 is 1.48 bits per heavy atom. The maximum absolute atomic E-state index is 12.4. The van der Waals surface area contributed by atoms with E-state index in [1.807, 2.05) is 31.1 Å². The van der Waals surface area contributed by atoms with Gasteiger partial charge in [-0.25, -0.2) is 0 Å². The van der Waals surface area contributed by atoms with Crippen molar-refractivity contribution < 1.29 is 28.6 Å². The summed E-state index contributed by atoms with van der Waals surface area (Å²) in [7, 11) is 3.95. The molecule has 0 saturated heterocycles. The number of unbranched alkanes of at least 4 members (excludes halogenated alkanes) is 10. The van der Waals surface area contributed by atoms with Gasteiger partial charge in [0, 0.05) is 19.3 Å². The highest BCUT2D eigenvalue weighted by Gasteiger charge is 2.16. The van der Waals surface area contributed by atoms with Crippen molar-refractivity contribution >= 4 is 17.9 Å². The zero-order valence-corrected chi connectivity index (χ0v) is 27.5. The van der Waals surface area contributed by atoms with Crippen LogP contribution in [0.15, 0.2) is 24.3 Å². The molecule has 42 heavy (non-hydrogen) atoms. The van der Waals surface area contributed by atoms with Crippen LogP contribution in [0.5, 0.6) is 0 Å². The number of esters is 3. The Morgan fingerprint density at radius 2 is 1.02 bits per heavy atom. The van der Waals surface area contributed by atoms with E-state index in [1.54, 1.807) is 0 Å². The maximum Gasteiger partial charge on any atom is 0.306 e. The smallest absolute Gasteiger partial charge is 0.306 e. The lowest BCUT2D eigenvalue weighted by Crippen LogP contribution is -2.21. The van der Waals surface area contributed by atoms with Gasteiger partial charge >= 0.3 is 17.9 Å². The average Bonchev–Trinajstić information content (AvgIpc) is 2.95. The third kappa shape index (κ3) is 29.3. The number of nitrogens with zero attached hydrogens (tertiary/aromatic N) is 1. The molecule has 0 unspecified atom stereocenters. The van der Waals surface area contributed by atoms with Gasteiger partial charge in [-0.3, -0.25) is 14.4 Å². The van der Waals surface area contributed by atoms with Crippen LogP contribution in [0.1, 0.15) is 142 Å². The molecule has 0 heterocycles. The van der Waals surface area contributed by atoms with Crippen molar-refractivity contribution in [1.82, 2.24) is 4.90 Å². The van der Waals surface area contributed by atoms with E-state index in [4.69, 9.17) is 14.2 Å². The lowest BCUT2D eigenvalue weighted by molar-refractivity contribution is -0.150. The Morgan fingerprint density at radius 1 is 0.571 bits per heavy atom. The highest BCUT2D eigenvalue weighted by molar-refractivity contribution is 5.70. The van der Waals surface area contributed by atoms with Crippen LogP contribution in [0, 0.1) is 0 Å². The van der Waals surface area contributed by atoms with Crippen molar-refractivity contribution in [2.24, 2.45) is 0 Å². The SMILES string of the molecule is CCCCCCC/C=C\COC(=O)CCCC(CCCC(=O)OC/C=C\CCCCCCC)OC(=O)CCCN(C)C. The van der Waals surface area contributed by atoms with Crippen molar-refractivity contribution in [2.45, 2.75) is 148 Å². The summed E-state index contributed by atoms with van der Waals surface area (Å²) in [6.45, 7) is 5.84. The Labute approximate surface area is 257 Å². The maximum atomic E-state index is 12.4. The van der Waals surface area contributed by atoms with E-state index in [2.05, 4.69) is 26.0 Å². The van der Waals surface area contributed by atoms with Crippen molar-refractivity contribution in [3.8, 4) is 0 Å². The quantitative estimate of drug-likeness (QED) is 0.0372. The number of rotatable bonds is 29. The van der Waals surface area contributed by atoms with Gasteiger partial charge in [0.1, 0.15) is 19.3 Å². The summed E-state index contributed by atoms with van der Waals surface area (Å²) in [6.07, 6.45) is 26.2. The molecular formula is C35H63NO6. The molecule has 244 valence electrons. The van der Waals surface area contributed by atoms with E-state index in [1.165, 1.54) is 64.2 Å². The molecule has 0 fully saturated rings. The number of carbonyl (C=O) groups is 3. The Bertz CT molecular complexity index is 672. The van der Waals surface area contributed by atoms with E-state index in [-0.39, 0.29) is 36.9 Å². The molecule has 0 saturated carbocycles. The second kappa shape index (κ2) is 30.3. The summed E-state index contributed by atoms with van der Waals surface area (Å²) in [6, 6.07) is 0. The fraction of sp³-hybridized carbons (Fsp3) is 0.800. The van der Waals surface area contributed by atoms with Crippen molar-refractivity contribution in [1.29, 1.82) is 0 Å². The van der Waals surface area contributed by atoms with Gasteiger partial charge in [0.15, 0.2) is 0 Å². The van der Waals surface area contributed by atoms with Crippen LogP contribution < -0.4 is 0 Å². The zero-order chi connectivity index (χ0) is 31.1. The molecule has 0 aliphatic carbocycles. The van der Waals surface area contributed by atoms with E-state index in [0.717, 1.165) is 25.8 Å². The van der Waals surface area contributed by atoms with E-state index in [0.29, 0.717) is 45.3 Å². The van der Waals surface area contributed by atoms with Crippen molar-refractivity contribution in [2.75, 3.05) is 33.9 Å². The Kier molecular flexibility index (Phi) is 28.8. The van der Waals surface area contributed by atoms with Crippen LogP contribution >= 0.6 is 0 Å². The minimum absolute atomic E-state index is 0.230. The van der Waals surface area contributed by atoms with Crippen LogP contribution in [-0.4, -0.2) is 62.8 Å². The van der Waals surface area contributed by atoms with Crippen molar-refractivity contribution in [3.63, 3.8) is 0 Å². The molecule has 7 nitrogen and oxygen atoms in total. The molecule has 0 amide bonds. The highest BCUT2D eigenvalue weighted by Crippen LogP contribution is 2.15.